The van der Waals surface area contributed by atoms with Crippen molar-refractivity contribution in [3.05, 3.63) is 4.91 Å². The van der Waals surface area contributed by atoms with Gasteiger partial charge in [-0.05, 0) is 12.8 Å². The third kappa shape index (κ3) is 16.0. The monoisotopic (exact) mass is 311 g/mol. The summed E-state index contributed by atoms with van der Waals surface area (Å²) in [5.74, 6) is 0. The van der Waals surface area contributed by atoms with Crippen LogP contribution in [0.2, 0.25) is 0 Å². The lowest BCUT2D eigenvalue weighted by Gasteiger charge is -2.07. The maximum atomic E-state index is 10.6. The third-order valence-corrected chi connectivity index (χ3v) is 4.66. The van der Waals surface area contributed by atoms with E-state index in [4.69, 9.17) is 0 Å². The third-order valence-electron chi connectivity index (χ3n) is 4.66. The Morgan fingerprint density at radius 3 is 1.32 bits per heavy atom. The second-order valence-corrected chi connectivity index (χ2v) is 6.93. The summed E-state index contributed by atoms with van der Waals surface area (Å²) in [6.07, 6.45) is 22.5. The van der Waals surface area contributed by atoms with E-state index in [1.165, 1.54) is 89.9 Å². The minimum Gasteiger partial charge on any atom is -0.151 e. The summed E-state index contributed by atoms with van der Waals surface area (Å²) in [6.45, 7) is 4.41. The quantitative estimate of drug-likeness (QED) is 0.187. The molecule has 0 amide bonds. The molecule has 0 aliphatic carbocycles. The van der Waals surface area contributed by atoms with Gasteiger partial charge in [0.15, 0.2) is 0 Å². The Morgan fingerprint density at radius 2 is 0.955 bits per heavy atom. The first-order valence-electron chi connectivity index (χ1n) is 10.2. The highest BCUT2D eigenvalue weighted by Crippen LogP contribution is 2.15. The molecule has 0 aliphatic rings. The van der Waals surface area contributed by atoms with Crippen molar-refractivity contribution in [2.75, 3.05) is 0 Å². The standard InChI is InChI=1S/C20H41NO/c1-3-5-6-7-8-9-10-11-12-13-14-15-16-17-19-20(21-22)18-4-2/h20H,3-19H2,1-2H3. The van der Waals surface area contributed by atoms with Crippen LogP contribution in [0.25, 0.3) is 0 Å². The normalized spacial score (nSPS) is 12.5. The molecule has 0 spiro atoms. The van der Waals surface area contributed by atoms with Gasteiger partial charge in [0.05, 0.1) is 6.04 Å². The zero-order chi connectivity index (χ0) is 16.3. The predicted molar refractivity (Wildman–Crippen MR) is 99.4 cm³/mol. The first-order chi connectivity index (χ1) is 10.8. The number of nitrogens with zero attached hydrogens (tertiary/aromatic N) is 1. The lowest BCUT2D eigenvalue weighted by molar-refractivity contribution is 0.499. The molecule has 0 fully saturated rings. The van der Waals surface area contributed by atoms with Crippen LogP contribution in [0.1, 0.15) is 123 Å². The number of unbranched alkanes of at least 4 members (excludes halogenated alkanes) is 13. The Hall–Kier alpha value is -0.400. The Kier molecular flexibility index (Phi) is 18.3. The van der Waals surface area contributed by atoms with Crippen LogP contribution < -0.4 is 0 Å². The molecule has 0 heterocycles. The maximum Gasteiger partial charge on any atom is 0.0919 e. The number of hydrogen-bond acceptors (Lipinski definition) is 2. The highest BCUT2D eigenvalue weighted by Gasteiger charge is 2.06. The Morgan fingerprint density at radius 1 is 0.545 bits per heavy atom. The second kappa shape index (κ2) is 18.6. The molecule has 2 nitrogen and oxygen atoms in total. The molecule has 1 unspecified atom stereocenters. The van der Waals surface area contributed by atoms with E-state index in [-0.39, 0.29) is 6.04 Å². The lowest BCUT2D eigenvalue weighted by Crippen LogP contribution is -2.02. The van der Waals surface area contributed by atoms with Crippen molar-refractivity contribution in [2.45, 2.75) is 129 Å². The van der Waals surface area contributed by atoms with Gasteiger partial charge in [-0.3, -0.25) is 0 Å². The Bertz CT molecular complexity index is 218. The minimum absolute atomic E-state index is 0.0855. The molecule has 0 aliphatic heterocycles. The van der Waals surface area contributed by atoms with Crippen molar-refractivity contribution in [3.8, 4) is 0 Å². The van der Waals surface area contributed by atoms with Crippen molar-refractivity contribution in [1.29, 1.82) is 0 Å². The second-order valence-electron chi connectivity index (χ2n) is 6.93. The summed E-state index contributed by atoms with van der Waals surface area (Å²) in [7, 11) is 0. The molecule has 0 bridgehead atoms. The van der Waals surface area contributed by atoms with Gasteiger partial charge in [0, 0.05) is 0 Å². The van der Waals surface area contributed by atoms with E-state index in [1.54, 1.807) is 0 Å². The molecular formula is C20H41NO. The lowest BCUT2D eigenvalue weighted by atomic mass is 10.0. The highest BCUT2D eigenvalue weighted by atomic mass is 16.3. The van der Waals surface area contributed by atoms with Crippen LogP contribution in [-0.2, 0) is 0 Å². The zero-order valence-electron chi connectivity index (χ0n) is 15.5. The first kappa shape index (κ1) is 21.6. The molecule has 0 aromatic heterocycles. The summed E-state index contributed by atoms with van der Waals surface area (Å²) in [5.41, 5.74) is 0. The van der Waals surface area contributed by atoms with Gasteiger partial charge in [-0.1, -0.05) is 115 Å². The molecule has 0 aromatic rings. The fourth-order valence-electron chi connectivity index (χ4n) is 3.16. The fourth-order valence-corrected chi connectivity index (χ4v) is 3.16. The van der Waals surface area contributed by atoms with Crippen LogP contribution in [0.15, 0.2) is 5.18 Å². The van der Waals surface area contributed by atoms with Crippen molar-refractivity contribution < 1.29 is 0 Å². The van der Waals surface area contributed by atoms with Crippen molar-refractivity contribution in [2.24, 2.45) is 5.18 Å². The van der Waals surface area contributed by atoms with Crippen LogP contribution in [0.3, 0.4) is 0 Å². The molecule has 0 aromatic carbocycles. The molecule has 132 valence electrons. The van der Waals surface area contributed by atoms with Crippen molar-refractivity contribution in [1.82, 2.24) is 0 Å². The molecule has 22 heavy (non-hydrogen) atoms. The van der Waals surface area contributed by atoms with Crippen LogP contribution >= 0.6 is 0 Å². The van der Waals surface area contributed by atoms with Gasteiger partial charge in [-0.25, -0.2) is 0 Å². The molecule has 0 rings (SSSR count). The summed E-state index contributed by atoms with van der Waals surface area (Å²) >= 11 is 0. The average molecular weight is 312 g/mol. The summed E-state index contributed by atoms with van der Waals surface area (Å²) < 4.78 is 0. The van der Waals surface area contributed by atoms with Crippen LogP contribution in [0.5, 0.6) is 0 Å². The number of hydrogen-bond donors (Lipinski definition) is 0. The first-order valence-corrected chi connectivity index (χ1v) is 10.2. The highest BCUT2D eigenvalue weighted by molar-refractivity contribution is 4.64. The van der Waals surface area contributed by atoms with E-state index < -0.39 is 0 Å². The van der Waals surface area contributed by atoms with E-state index in [1.807, 2.05) is 0 Å². The molecule has 2 heteroatoms. The van der Waals surface area contributed by atoms with Crippen LogP contribution in [0.4, 0.5) is 0 Å². The Balaban J connectivity index is 3.09. The molecule has 0 N–H and O–H groups in total. The van der Waals surface area contributed by atoms with Crippen molar-refractivity contribution >= 4 is 0 Å². The van der Waals surface area contributed by atoms with E-state index >= 15 is 0 Å². The summed E-state index contributed by atoms with van der Waals surface area (Å²) in [6, 6.07) is 0.0855. The van der Waals surface area contributed by atoms with Gasteiger partial charge >= 0.3 is 0 Å². The van der Waals surface area contributed by atoms with E-state index in [2.05, 4.69) is 19.0 Å². The molecule has 1 atom stereocenters. The maximum absolute atomic E-state index is 10.6. The van der Waals surface area contributed by atoms with E-state index in [0.29, 0.717) is 0 Å². The predicted octanol–water partition coefficient (Wildman–Crippen LogP) is 7.79. The van der Waals surface area contributed by atoms with Crippen LogP contribution in [0, 0.1) is 4.91 Å². The molecule has 0 saturated heterocycles. The molecule has 0 saturated carbocycles. The van der Waals surface area contributed by atoms with Gasteiger partial charge in [-0.15, -0.1) is 0 Å². The van der Waals surface area contributed by atoms with E-state index in [9.17, 15) is 4.91 Å². The fraction of sp³-hybridized carbons (Fsp3) is 1.00. The van der Waals surface area contributed by atoms with Gasteiger partial charge < -0.3 is 0 Å². The van der Waals surface area contributed by atoms with Gasteiger partial charge in [0.2, 0.25) is 0 Å². The topological polar surface area (TPSA) is 29.4 Å². The molecule has 0 radical (unpaired) electrons. The van der Waals surface area contributed by atoms with Gasteiger partial charge in [-0.2, -0.15) is 4.91 Å². The zero-order valence-corrected chi connectivity index (χ0v) is 15.5. The van der Waals surface area contributed by atoms with E-state index in [0.717, 1.165) is 19.3 Å². The summed E-state index contributed by atoms with van der Waals surface area (Å²) in [4.78, 5) is 10.6. The smallest absolute Gasteiger partial charge is 0.0919 e. The SMILES string of the molecule is CCCCCCCCCCCCCCCCC(CCC)N=O. The van der Waals surface area contributed by atoms with Gasteiger partial charge in [0.1, 0.15) is 0 Å². The van der Waals surface area contributed by atoms with Crippen molar-refractivity contribution in [3.63, 3.8) is 0 Å². The number of rotatable bonds is 18. The van der Waals surface area contributed by atoms with Gasteiger partial charge in [0.25, 0.3) is 0 Å². The summed E-state index contributed by atoms with van der Waals surface area (Å²) in [5, 5.41) is 3.23. The molecular weight excluding hydrogens is 270 g/mol. The minimum atomic E-state index is 0.0855. The Labute approximate surface area is 139 Å². The van der Waals surface area contributed by atoms with Crippen LogP contribution in [-0.4, -0.2) is 6.04 Å². The largest absolute Gasteiger partial charge is 0.151 e. The average Bonchev–Trinajstić information content (AvgIpc) is 2.54. The number of nitroso groups, excluding NO2 is 1.